The summed E-state index contributed by atoms with van der Waals surface area (Å²) >= 11 is 0. The lowest BCUT2D eigenvalue weighted by atomic mass is 10.1. The van der Waals surface area contributed by atoms with Crippen LogP contribution in [0.3, 0.4) is 0 Å². The zero-order chi connectivity index (χ0) is 14.4. The van der Waals surface area contributed by atoms with Gasteiger partial charge in [0, 0.05) is 12.5 Å². The maximum atomic E-state index is 13.3. The molecule has 1 fully saturated rings. The van der Waals surface area contributed by atoms with Crippen LogP contribution in [0.2, 0.25) is 0 Å². The van der Waals surface area contributed by atoms with Crippen LogP contribution in [0.25, 0.3) is 11.2 Å². The van der Waals surface area contributed by atoms with Crippen LogP contribution >= 0.6 is 0 Å². The zero-order valence-corrected chi connectivity index (χ0v) is 10.4. The fraction of sp³-hybridized carbons (Fsp3) is 0.545. The summed E-state index contributed by atoms with van der Waals surface area (Å²) in [5, 5.41) is 29.1. The number of rotatable bonds is 2. The van der Waals surface area contributed by atoms with Crippen molar-refractivity contribution < 1.29 is 19.7 Å². The minimum absolute atomic E-state index is 0.0852. The predicted octanol–water partition coefficient (Wildman–Crippen LogP) is -1.18. The number of imidazole rings is 1. The van der Waals surface area contributed by atoms with Crippen molar-refractivity contribution in [1.29, 1.82) is 0 Å². The molecule has 8 nitrogen and oxygen atoms in total. The van der Waals surface area contributed by atoms with Crippen LogP contribution in [0, 0.1) is 12.0 Å². The molecule has 5 N–H and O–H groups in total. The summed E-state index contributed by atoms with van der Waals surface area (Å²) in [5.74, 6) is -0.533. The Hall–Kier alpha value is -1.84. The van der Waals surface area contributed by atoms with Crippen molar-refractivity contribution in [2.75, 3.05) is 12.3 Å². The predicted molar refractivity (Wildman–Crippen MR) is 65.9 cm³/mol. The molecular weight excluding hydrogens is 269 g/mol. The average molecular weight is 283 g/mol. The number of aliphatic hydroxyl groups excluding tert-OH is 3. The Balaban J connectivity index is 2.07. The maximum Gasteiger partial charge on any atom is 0.312 e. The molecule has 0 spiro atoms. The molecule has 0 saturated heterocycles. The van der Waals surface area contributed by atoms with Crippen molar-refractivity contribution in [2.45, 2.75) is 24.7 Å². The van der Waals surface area contributed by atoms with Crippen LogP contribution in [0.5, 0.6) is 0 Å². The van der Waals surface area contributed by atoms with Gasteiger partial charge in [0.2, 0.25) is 0 Å². The topological polar surface area (TPSA) is 130 Å². The molecule has 20 heavy (non-hydrogen) atoms. The highest BCUT2D eigenvalue weighted by molar-refractivity contribution is 5.81. The largest absolute Gasteiger partial charge is 0.396 e. The lowest BCUT2D eigenvalue weighted by Crippen LogP contribution is -2.30. The van der Waals surface area contributed by atoms with Gasteiger partial charge >= 0.3 is 6.08 Å². The monoisotopic (exact) mass is 283 g/mol. The van der Waals surface area contributed by atoms with E-state index in [0.717, 1.165) is 0 Å². The van der Waals surface area contributed by atoms with Crippen molar-refractivity contribution in [3.8, 4) is 0 Å². The lowest BCUT2D eigenvalue weighted by molar-refractivity contribution is -0.00371. The van der Waals surface area contributed by atoms with Crippen molar-refractivity contribution in [3.63, 3.8) is 0 Å². The first kappa shape index (κ1) is 13.2. The van der Waals surface area contributed by atoms with E-state index in [1.807, 2.05) is 0 Å². The molecule has 1 aliphatic carbocycles. The number of nitrogen functional groups attached to an aromatic ring is 1. The Morgan fingerprint density at radius 1 is 1.35 bits per heavy atom. The molecule has 108 valence electrons. The van der Waals surface area contributed by atoms with Gasteiger partial charge < -0.3 is 25.6 Å². The van der Waals surface area contributed by atoms with Crippen molar-refractivity contribution >= 4 is 17.0 Å². The Kier molecular flexibility index (Phi) is 3.04. The lowest BCUT2D eigenvalue weighted by Gasteiger charge is -2.18. The highest BCUT2D eigenvalue weighted by atomic mass is 19.1. The van der Waals surface area contributed by atoms with Crippen LogP contribution in [-0.2, 0) is 0 Å². The zero-order valence-electron chi connectivity index (χ0n) is 10.4. The SMILES string of the molecule is Nc1nc(F)nc2c1ncn2[C@@H]1C[C@H](CO)[C@H](O)[C@@H]1O. The number of hydrogen-bond donors (Lipinski definition) is 4. The molecule has 4 atom stereocenters. The van der Waals surface area contributed by atoms with E-state index in [1.54, 1.807) is 0 Å². The van der Waals surface area contributed by atoms with Crippen molar-refractivity contribution in [1.82, 2.24) is 19.5 Å². The molecule has 1 saturated carbocycles. The van der Waals surface area contributed by atoms with Crippen LogP contribution in [-0.4, -0.2) is 53.7 Å². The van der Waals surface area contributed by atoms with Crippen LogP contribution < -0.4 is 5.73 Å². The Morgan fingerprint density at radius 3 is 2.75 bits per heavy atom. The third kappa shape index (κ3) is 1.82. The number of fused-ring (bicyclic) bond motifs is 1. The third-order valence-electron chi connectivity index (χ3n) is 3.78. The first-order chi connectivity index (χ1) is 9.52. The highest BCUT2D eigenvalue weighted by Gasteiger charge is 2.42. The molecule has 2 aromatic rings. The summed E-state index contributed by atoms with van der Waals surface area (Å²) in [6.45, 7) is -0.243. The standard InChI is InChI=1S/C11H14FN5O3/c12-11-15-9(13)6-10(16-11)17(3-14-6)5-1-4(2-18)7(19)8(5)20/h3-5,7-8,18-20H,1-2H2,(H2,13,15,16)/t4-,5-,7+,8-/m1/s1. The van der Waals surface area contributed by atoms with E-state index >= 15 is 0 Å². The summed E-state index contributed by atoms with van der Waals surface area (Å²) in [6, 6.07) is -0.555. The van der Waals surface area contributed by atoms with Crippen molar-refractivity contribution in [2.24, 2.45) is 5.92 Å². The minimum atomic E-state index is -1.09. The smallest absolute Gasteiger partial charge is 0.312 e. The van der Waals surface area contributed by atoms with Crippen LogP contribution in [0.1, 0.15) is 12.5 Å². The Labute approximate surface area is 112 Å². The van der Waals surface area contributed by atoms with Gasteiger partial charge in [-0.05, 0) is 6.42 Å². The molecule has 0 bridgehead atoms. The van der Waals surface area contributed by atoms with Gasteiger partial charge in [0.25, 0.3) is 0 Å². The van der Waals surface area contributed by atoms with Gasteiger partial charge in [0.05, 0.1) is 18.5 Å². The first-order valence-corrected chi connectivity index (χ1v) is 6.15. The van der Waals surface area contributed by atoms with E-state index < -0.39 is 30.2 Å². The third-order valence-corrected chi connectivity index (χ3v) is 3.78. The van der Waals surface area contributed by atoms with Gasteiger partial charge in [-0.2, -0.15) is 14.4 Å². The highest BCUT2D eigenvalue weighted by Crippen LogP contribution is 2.36. The molecular formula is C11H14FN5O3. The van der Waals surface area contributed by atoms with Gasteiger partial charge in [-0.3, -0.25) is 0 Å². The fourth-order valence-electron chi connectivity index (χ4n) is 2.71. The maximum absolute atomic E-state index is 13.3. The molecule has 2 aromatic heterocycles. The number of hydrogen-bond acceptors (Lipinski definition) is 7. The number of aromatic nitrogens is 4. The Bertz CT molecular complexity index is 648. The number of aliphatic hydroxyl groups is 3. The van der Waals surface area contributed by atoms with Gasteiger partial charge in [-0.25, -0.2) is 4.98 Å². The average Bonchev–Trinajstić information content (AvgIpc) is 2.93. The van der Waals surface area contributed by atoms with Gasteiger partial charge in [-0.1, -0.05) is 0 Å². The summed E-state index contributed by atoms with van der Waals surface area (Å²) < 4.78 is 14.7. The summed E-state index contributed by atoms with van der Waals surface area (Å²) in [6.07, 6.45) is -1.43. The normalized spacial score (nSPS) is 30.2. The van der Waals surface area contributed by atoms with Crippen LogP contribution in [0.15, 0.2) is 6.33 Å². The second-order valence-corrected chi connectivity index (χ2v) is 4.93. The molecule has 0 aliphatic heterocycles. The molecule has 0 amide bonds. The van der Waals surface area contributed by atoms with Crippen molar-refractivity contribution in [3.05, 3.63) is 12.4 Å². The first-order valence-electron chi connectivity index (χ1n) is 6.15. The second kappa shape index (κ2) is 4.62. The van der Waals surface area contributed by atoms with Crippen LogP contribution in [0.4, 0.5) is 10.2 Å². The summed E-state index contributed by atoms with van der Waals surface area (Å²) in [4.78, 5) is 11.0. The fourth-order valence-corrected chi connectivity index (χ4v) is 2.71. The molecule has 0 radical (unpaired) electrons. The number of anilines is 1. The number of nitrogens with zero attached hydrogens (tertiary/aromatic N) is 4. The molecule has 2 heterocycles. The molecule has 9 heteroatoms. The van der Waals surface area contributed by atoms with Gasteiger partial charge in [0.1, 0.15) is 11.6 Å². The molecule has 1 aliphatic rings. The van der Waals surface area contributed by atoms with E-state index in [9.17, 15) is 14.6 Å². The summed E-state index contributed by atoms with van der Waals surface area (Å²) in [7, 11) is 0. The summed E-state index contributed by atoms with van der Waals surface area (Å²) in [5.41, 5.74) is 5.96. The minimum Gasteiger partial charge on any atom is -0.396 e. The molecule has 3 rings (SSSR count). The second-order valence-electron chi connectivity index (χ2n) is 4.93. The van der Waals surface area contributed by atoms with E-state index in [1.165, 1.54) is 10.9 Å². The van der Waals surface area contributed by atoms with E-state index in [-0.39, 0.29) is 23.6 Å². The van der Waals surface area contributed by atoms with Gasteiger partial charge in [0.15, 0.2) is 11.5 Å². The van der Waals surface area contributed by atoms with Gasteiger partial charge in [-0.15, -0.1) is 0 Å². The molecule has 0 unspecified atom stereocenters. The quantitative estimate of drug-likeness (QED) is 0.510. The number of halogens is 1. The van der Waals surface area contributed by atoms with E-state index in [0.29, 0.717) is 6.42 Å². The number of nitrogens with two attached hydrogens (primary N) is 1. The van der Waals surface area contributed by atoms with E-state index in [4.69, 9.17) is 10.8 Å². The molecule has 0 aromatic carbocycles. The van der Waals surface area contributed by atoms with E-state index in [2.05, 4.69) is 15.0 Å². The Morgan fingerprint density at radius 2 is 2.10 bits per heavy atom.